The summed E-state index contributed by atoms with van der Waals surface area (Å²) in [5.41, 5.74) is 5.47. The molecule has 0 aliphatic carbocycles. The standard InChI is InChI=1S/C12H18FN3O2S2/c13-10-1-2-12(11(14)9-10)20(17,18)15-3-4-16-5-7-19-8-6-16/h1-2,9,15H,3-8,14H2. The lowest BCUT2D eigenvalue weighted by Gasteiger charge is -2.26. The predicted octanol–water partition coefficient (Wildman–Crippen LogP) is 0.735. The number of thioether (sulfide) groups is 1. The summed E-state index contributed by atoms with van der Waals surface area (Å²) in [7, 11) is -3.68. The zero-order chi connectivity index (χ0) is 14.6. The van der Waals surface area contributed by atoms with Gasteiger partial charge in [-0.15, -0.1) is 0 Å². The van der Waals surface area contributed by atoms with Crippen LogP contribution >= 0.6 is 11.8 Å². The van der Waals surface area contributed by atoms with Crippen molar-refractivity contribution >= 4 is 27.5 Å². The number of benzene rings is 1. The van der Waals surface area contributed by atoms with Gasteiger partial charge in [0.15, 0.2) is 0 Å². The lowest BCUT2D eigenvalue weighted by Crippen LogP contribution is -2.39. The van der Waals surface area contributed by atoms with E-state index < -0.39 is 15.8 Å². The zero-order valence-corrected chi connectivity index (χ0v) is 12.6. The zero-order valence-electron chi connectivity index (χ0n) is 11.0. The quantitative estimate of drug-likeness (QED) is 0.783. The molecule has 1 aliphatic heterocycles. The number of rotatable bonds is 5. The molecule has 0 aromatic heterocycles. The molecule has 0 radical (unpaired) electrons. The Bertz CT molecular complexity index is 560. The summed E-state index contributed by atoms with van der Waals surface area (Å²) >= 11 is 1.91. The Morgan fingerprint density at radius 3 is 2.70 bits per heavy atom. The lowest BCUT2D eigenvalue weighted by molar-refractivity contribution is 0.307. The van der Waals surface area contributed by atoms with Crippen LogP contribution in [0.5, 0.6) is 0 Å². The molecule has 0 bridgehead atoms. The molecule has 5 nitrogen and oxygen atoms in total. The molecule has 0 atom stereocenters. The first kappa shape index (κ1) is 15.6. The monoisotopic (exact) mass is 319 g/mol. The normalized spacial score (nSPS) is 17.2. The van der Waals surface area contributed by atoms with Crippen molar-refractivity contribution in [3.05, 3.63) is 24.0 Å². The lowest BCUT2D eigenvalue weighted by atomic mass is 10.3. The molecule has 0 unspecified atom stereocenters. The van der Waals surface area contributed by atoms with Gasteiger partial charge < -0.3 is 10.6 Å². The second-order valence-corrected chi connectivity index (χ2v) is 7.49. The first-order valence-corrected chi connectivity index (χ1v) is 8.97. The van der Waals surface area contributed by atoms with Gasteiger partial charge in [0, 0.05) is 37.7 Å². The van der Waals surface area contributed by atoms with Crippen LogP contribution < -0.4 is 10.5 Å². The molecule has 2 rings (SSSR count). The summed E-state index contributed by atoms with van der Waals surface area (Å²) in [5.74, 6) is 1.61. The molecule has 1 aromatic rings. The third kappa shape index (κ3) is 4.08. The number of anilines is 1. The first-order chi connectivity index (χ1) is 9.49. The van der Waals surface area contributed by atoms with Crippen molar-refractivity contribution in [2.45, 2.75) is 4.90 Å². The Morgan fingerprint density at radius 1 is 1.35 bits per heavy atom. The maximum atomic E-state index is 12.9. The van der Waals surface area contributed by atoms with Crippen LogP contribution in [0.1, 0.15) is 0 Å². The molecular formula is C12H18FN3O2S2. The number of hydrogen-bond donors (Lipinski definition) is 2. The van der Waals surface area contributed by atoms with E-state index in [-0.39, 0.29) is 10.6 Å². The largest absolute Gasteiger partial charge is 0.398 e. The molecule has 0 amide bonds. The van der Waals surface area contributed by atoms with Crippen molar-refractivity contribution in [3.8, 4) is 0 Å². The molecule has 20 heavy (non-hydrogen) atoms. The summed E-state index contributed by atoms with van der Waals surface area (Å²) in [4.78, 5) is 2.14. The van der Waals surface area contributed by atoms with Gasteiger partial charge in [0.05, 0.1) is 5.69 Å². The van der Waals surface area contributed by atoms with E-state index in [1.54, 1.807) is 0 Å². The Labute approximate surface area is 122 Å². The molecule has 1 fully saturated rings. The summed E-state index contributed by atoms with van der Waals surface area (Å²) in [6, 6.07) is 3.29. The average Bonchev–Trinajstić information content (AvgIpc) is 2.39. The Kier molecular flexibility index (Phi) is 5.25. The van der Waals surface area contributed by atoms with Crippen LogP contribution in [0, 0.1) is 5.82 Å². The van der Waals surface area contributed by atoms with Gasteiger partial charge in [0.1, 0.15) is 10.7 Å². The molecule has 1 aromatic carbocycles. The fraction of sp³-hybridized carbons (Fsp3) is 0.500. The maximum Gasteiger partial charge on any atom is 0.242 e. The van der Waals surface area contributed by atoms with E-state index in [1.165, 1.54) is 6.07 Å². The van der Waals surface area contributed by atoms with Gasteiger partial charge in [-0.05, 0) is 18.2 Å². The summed E-state index contributed by atoms with van der Waals surface area (Å²) in [6.07, 6.45) is 0. The van der Waals surface area contributed by atoms with Gasteiger partial charge in [-0.2, -0.15) is 11.8 Å². The third-order valence-corrected chi connectivity index (χ3v) is 5.56. The van der Waals surface area contributed by atoms with Crippen molar-refractivity contribution in [2.24, 2.45) is 0 Å². The molecule has 112 valence electrons. The van der Waals surface area contributed by atoms with Crippen molar-refractivity contribution in [2.75, 3.05) is 43.4 Å². The highest BCUT2D eigenvalue weighted by molar-refractivity contribution is 7.99. The second-order valence-electron chi connectivity index (χ2n) is 4.53. The molecular weight excluding hydrogens is 301 g/mol. The Hall–Kier alpha value is -0.830. The minimum Gasteiger partial charge on any atom is -0.398 e. The number of nitrogens with one attached hydrogen (secondary N) is 1. The highest BCUT2D eigenvalue weighted by Gasteiger charge is 2.18. The molecule has 1 heterocycles. The van der Waals surface area contributed by atoms with Crippen LogP contribution in [0.2, 0.25) is 0 Å². The van der Waals surface area contributed by atoms with Crippen molar-refractivity contribution in [1.82, 2.24) is 9.62 Å². The fourth-order valence-electron chi connectivity index (χ4n) is 2.00. The smallest absolute Gasteiger partial charge is 0.242 e. The van der Waals surface area contributed by atoms with E-state index in [0.29, 0.717) is 13.1 Å². The highest BCUT2D eigenvalue weighted by Crippen LogP contribution is 2.18. The van der Waals surface area contributed by atoms with Crippen molar-refractivity contribution in [1.29, 1.82) is 0 Å². The van der Waals surface area contributed by atoms with Crippen LogP contribution in [-0.2, 0) is 10.0 Å². The van der Waals surface area contributed by atoms with Gasteiger partial charge in [-0.1, -0.05) is 0 Å². The van der Waals surface area contributed by atoms with Gasteiger partial charge in [0.2, 0.25) is 10.0 Å². The molecule has 8 heteroatoms. The van der Waals surface area contributed by atoms with Gasteiger partial charge in [-0.25, -0.2) is 17.5 Å². The number of nitrogen functional groups attached to an aromatic ring is 1. The van der Waals surface area contributed by atoms with E-state index >= 15 is 0 Å². The highest BCUT2D eigenvalue weighted by atomic mass is 32.2. The Balaban J connectivity index is 1.93. The number of nitrogens with two attached hydrogens (primary N) is 1. The number of sulfonamides is 1. The van der Waals surface area contributed by atoms with Crippen LogP contribution in [0.3, 0.4) is 0 Å². The average molecular weight is 319 g/mol. The van der Waals surface area contributed by atoms with E-state index in [9.17, 15) is 12.8 Å². The summed E-state index contributed by atoms with van der Waals surface area (Å²) in [6.45, 7) is 2.95. The second kappa shape index (κ2) is 6.75. The van der Waals surface area contributed by atoms with E-state index in [2.05, 4.69) is 9.62 Å². The Morgan fingerprint density at radius 2 is 2.05 bits per heavy atom. The van der Waals surface area contributed by atoms with E-state index in [1.807, 2.05) is 11.8 Å². The molecule has 1 aliphatic rings. The van der Waals surface area contributed by atoms with E-state index in [4.69, 9.17) is 5.73 Å². The number of nitrogens with zero attached hydrogens (tertiary/aromatic N) is 1. The third-order valence-electron chi connectivity index (χ3n) is 3.09. The topological polar surface area (TPSA) is 75.4 Å². The van der Waals surface area contributed by atoms with E-state index in [0.717, 1.165) is 36.7 Å². The summed E-state index contributed by atoms with van der Waals surface area (Å²) in [5, 5.41) is 0. The van der Waals surface area contributed by atoms with Crippen LogP contribution in [0.4, 0.5) is 10.1 Å². The predicted molar refractivity (Wildman–Crippen MR) is 79.8 cm³/mol. The van der Waals surface area contributed by atoms with Crippen molar-refractivity contribution < 1.29 is 12.8 Å². The molecule has 3 N–H and O–H groups in total. The number of halogens is 1. The summed E-state index contributed by atoms with van der Waals surface area (Å²) < 4.78 is 39.6. The van der Waals surface area contributed by atoms with Gasteiger partial charge in [0.25, 0.3) is 0 Å². The first-order valence-electron chi connectivity index (χ1n) is 6.34. The van der Waals surface area contributed by atoms with Crippen LogP contribution in [-0.4, -0.2) is 51.0 Å². The van der Waals surface area contributed by atoms with Gasteiger partial charge in [-0.3, -0.25) is 0 Å². The number of hydrogen-bond acceptors (Lipinski definition) is 5. The van der Waals surface area contributed by atoms with Crippen molar-refractivity contribution in [3.63, 3.8) is 0 Å². The SMILES string of the molecule is Nc1cc(F)ccc1S(=O)(=O)NCCN1CCSCC1. The molecule has 0 saturated carbocycles. The minimum absolute atomic E-state index is 0.0758. The molecule has 0 spiro atoms. The van der Waals surface area contributed by atoms with Crippen LogP contribution in [0.25, 0.3) is 0 Å². The fourth-order valence-corrected chi connectivity index (χ4v) is 4.12. The maximum absolute atomic E-state index is 12.9. The molecule has 1 saturated heterocycles. The van der Waals surface area contributed by atoms with Gasteiger partial charge >= 0.3 is 0 Å². The minimum atomic E-state index is -3.68. The van der Waals surface area contributed by atoms with Crippen LogP contribution in [0.15, 0.2) is 23.1 Å².